The predicted molar refractivity (Wildman–Crippen MR) is 132 cm³/mol. The lowest BCUT2D eigenvalue weighted by Gasteiger charge is -2.09. The molecule has 2 nitrogen and oxygen atoms in total. The molecule has 0 unspecified atom stereocenters. The molecule has 5 rings (SSSR count). The van der Waals surface area contributed by atoms with Gasteiger partial charge in [0.2, 0.25) is 0 Å². The number of fused-ring (bicyclic) bond motifs is 2. The first-order chi connectivity index (χ1) is 14.7. The minimum Gasteiger partial charge on any atom is -0.288 e. The van der Waals surface area contributed by atoms with Crippen molar-refractivity contribution in [1.82, 2.24) is 0 Å². The molecule has 2 heterocycles. The van der Waals surface area contributed by atoms with Gasteiger partial charge in [-0.25, -0.2) is 0 Å². The Morgan fingerprint density at radius 1 is 0.742 bits per heavy atom. The highest BCUT2D eigenvalue weighted by molar-refractivity contribution is 7.29. The van der Waals surface area contributed by atoms with Crippen molar-refractivity contribution in [2.24, 2.45) is 0 Å². The molecule has 0 fully saturated rings. The summed E-state index contributed by atoms with van der Waals surface area (Å²) in [4.78, 5) is 27.7. The summed E-state index contributed by atoms with van der Waals surface area (Å²) in [6, 6.07) is 11.6. The molecule has 0 spiro atoms. The minimum absolute atomic E-state index is 0.160. The minimum atomic E-state index is -0.304. The van der Waals surface area contributed by atoms with Crippen LogP contribution in [0.4, 0.5) is 0 Å². The van der Waals surface area contributed by atoms with E-state index in [-0.39, 0.29) is 27.2 Å². The van der Waals surface area contributed by atoms with Crippen molar-refractivity contribution < 1.29 is 9.59 Å². The van der Waals surface area contributed by atoms with Crippen LogP contribution in [0.1, 0.15) is 42.3 Å². The van der Waals surface area contributed by atoms with Crippen molar-refractivity contribution >= 4 is 72.9 Å². The fraction of sp³-hybridized carbons (Fsp3) is 0.120. The maximum Gasteiger partial charge on any atom is 0.197 e. The van der Waals surface area contributed by atoms with Crippen LogP contribution in [0.3, 0.4) is 0 Å². The molecule has 6 heteroatoms. The standard InChI is InChI=1S/C25H16Cl2O2S2/c1-11-4-12(2)23(13(3)5-11)22-10-21-20(31-22)7-14(30-21)6-17-24(28)15-8-18(26)19(27)9-16(15)25(17)29/h4-10H,1-3H3. The summed E-state index contributed by atoms with van der Waals surface area (Å²) in [6.07, 6.45) is 1.69. The van der Waals surface area contributed by atoms with Crippen LogP contribution < -0.4 is 0 Å². The third-order valence-corrected chi connectivity index (χ3v) is 8.46. The van der Waals surface area contributed by atoms with Gasteiger partial charge in [0.25, 0.3) is 0 Å². The van der Waals surface area contributed by atoms with Gasteiger partial charge in [-0.2, -0.15) is 0 Å². The van der Waals surface area contributed by atoms with E-state index < -0.39 is 0 Å². The third-order valence-electron chi connectivity index (χ3n) is 5.48. The first-order valence-corrected chi connectivity index (χ1v) is 12.0. The van der Waals surface area contributed by atoms with E-state index in [4.69, 9.17) is 23.2 Å². The van der Waals surface area contributed by atoms with Crippen LogP contribution in [-0.2, 0) is 0 Å². The Bertz CT molecular complexity index is 1370. The number of Topliss-reactive ketones (excluding diaryl/α,β-unsaturated/α-hetero) is 2. The maximum absolute atomic E-state index is 12.8. The topological polar surface area (TPSA) is 34.1 Å². The number of hydrogen-bond donors (Lipinski definition) is 0. The van der Waals surface area contributed by atoms with Crippen molar-refractivity contribution in [2.75, 3.05) is 0 Å². The first-order valence-electron chi connectivity index (χ1n) is 9.64. The third kappa shape index (κ3) is 3.39. The van der Waals surface area contributed by atoms with Crippen molar-refractivity contribution in [3.05, 3.63) is 84.7 Å². The lowest BCUT2D eigenvalue weighted by molar-refractivity contribution is 0.0990. The normalized spacial score (nSPS) is 13.4. The van der Waals surface area contributed by atoms with E-state index in [0.29, 0.717) is 11.1 Å². The van der Waals surface area contributed by atoms with E-state index in [9.17, 15) is 9.59 Å². The molecule has 0 saturated carbocycles. The van der Waals surface area contributed by atoms with E-state index in [1.165, 1.54) is 39.3 Å². The number of benzene rings is 2. The highest BCUT2D eigenvalue weighted by atomic mass is 35.5. The average molecular weight is 483 g/mol. The smallest absolute Gasteiger partial charge is 0.197 e. The molecule has 1 aliphatic rings. The Morgan fingerprint density at radius 2 is 1.29 bits per heavy atom. The van der Waals surface area contributed by atoms with E-state index >= 15 is 0 Å². The molecular formula is C25H16Cl2O2S2. The molecule has 0 N–H and O–H groups in total. The van der Waals surface area contributed by atoms with E-state index in [1.807, 2.05) is 6.07 Å². The molecule has 154 valence electrons. The van der Waals surface area contributed by atoms with Gasteiger partial charge in [-0.3, -0.25) is 9.59 Å². The Kier molecular flexibility index (Phi) is 4.94. The fourth-order valence-electron chi connectivity index (χ4n) is 4.21. The first kappa shape index (κ1) is 20.7. The van der Waals surface area contributed by atoms with Crippen molar-refractivity contribution in [1.29, 1.82) is 0 Å². The van der Waals surface area contributed by atoms with Crippen molar-refractivity contribution in [3.63, 3.8) is 0 Å². The number of carbonyl (C=O) groups excluding carboxylic acids is 2. The molecule has 4 aromatic rings. The highest BCUT2D eigenvalue weighted by Crippen LogP contribution is 2.42. The van der Waals surface area contributed by atoms with Crippen LogP contribution >= 0.6 is 45.9 Å². The number of carbonyl (C=O) groups is 2. The van der Waals surface area contributed by atoms with Gasteiger partial charge in [-0.1, -0.05) is 40.9 Å². The zero-order chi connectivity index (χ0) is 22.0. The summed E-state index contributed by atoms with van der Waals surface area (Å²) in [6.45, 7) is 6.40. The quantitative estimate of drug-likeness (QED) is 0.212. The zero-order valence-corrected chi connectivity index (χ0v) is 20.1. The number of halogens is 2. The van der Waals surface area contributed by atoms with Crippen molar-refractivity contribution in [3.8, 4) is 10.4 Å². The average Bonchev–Trinajstić information content (AvgIpc) is 3.30. The van der Waals surface area contributed by atoms with E-state index in [2.05, 4.69) is 39.0 Å². The van der Waals surface area contributed by atoms with Gasteiger partial charge in [0, 0.05) is 30.3 Å². The SMILES string of the molecule is Cc1cc(C)c(-c2cc3sc(C=C4C(=O)c5cc(Cl)c(Cl)cc5C4=O)cc3s2)c(C)c1. The van der Waals surface area contributed by atoms with Crippen LogP contribution in [0.2, 0.25) is 10.0 Å². The van der Waals surface area contributed by atoms with Gasteiger partial charge >= 0.3 is 0 Å². The molecule has 0 amide bonds. The molecular weight excluding hydrogens is 467 g/mol. The Morgan fingerprint density at radius 3 is 1.84 bits per heavy atom. The monoisotopic (exact) mass is 482 g/mol. The molecule has 2 aromatic carbocycles. The second-order valence-corrected chi connectivity index (χ2v) is 10.8. The van der Waals surface area contributed by atoms with Gasteiger partial charge in [-0.05, 0) is 67.8 Å². The summed E-state index contributed by atoms with van der Waals surface area (Å²) in [5.74, 6) is -0.608. The van der Waals surface area contributed by atoms with Crippen LogP contribution in [-0.4, -0.2) is 11.6 Å². The summed E-state index contributed by atoms with van der Waals surface area (Å²) in [5.41, 5.74) is 5.88. The lowest BCUT2D eigenvalue weighted by atomic mass is 9.99. The number of rotatable bonds is 2. The lowest BCUT2D eigenvalue weighted by Crippen LogP contribution is -1.99. The largest absolute Gasteiger partial charge is 0.288 e. The predicted octanol–water partition coefficient (Wildman–Crippen LogP) is 8.32. The van der Waals surface area contributed by atoms with Crippen LogP contribution in [0.5, 0.6) is 0 Å². The maximum atomic E-state index is 12.8. The Labute approximate surface area is 197 Å². The molecule has 0 atom stereocenters. The van der Waals surface area contributed by atoms with E-state index in [0.717, 1.165) is 14.3 Å². The van der Waals surface area contributed by atoms with Crippen molar-refractivity contribution in [2.45, 2.75) is 20.8 Å². The number of thiophene rings is 2. The highest BCUT2D eigenvalue weighted by Gasteiger charge is 2.34. The van der Waals surface area contributed by atoms with Gasteiger partial charge in [-0.15, -0.1) is 22.7 Å². The second-order valence-electron chi connectivity index (χ2n) is 7.79. The Hall–Kier alpha value is -2.24. The molecule has 0 saturated heterocycles. The van der Waals surface area contributed by atoms with Crippen LogP contribution in [0, 0.1) is 20.8 Å². The molecule has 0 radical (unpaired) electrons. The summed E-state index contributed by atoms with van der Waals surface area (Å²) >= 11 is 15.4. The summed E-state index contributed by atoms with van der Waals surface area (Å²) in [7, 11) is 0. The summed E-state index contributed by atoms with van der Waals surface area (Å²) < 4.78 is 2.29. The molecule has 31 heavy (non-hydrogen) atoms. The van der Waals surface area contributed by atoms with Gasteiger partial charge in [0.1, 0.15) is 0 Å². The Balaban J connectivity index is 1.53. The number of aryl methyl sites for hydroxylation is 3. The van der Waals surface area contributed by atoms with E-state index in [1.54, 1.807) is 28.7 Å². The van der Waals surface area contributed by atoms with Crippen LogP contribution in [0.25, 0.3) is 25.9 Å². The number of ketones is 2. The van der Waals surface area contributed by atoms with Gasteiger partial charge in [0.15, 0.2) is 11.6 Å². The van der Waals surface area contributed by atoms with Gasteiger partial charge in [0.05, 0.1) is 15.6 Å². The molecule has 0 aliphatic heterocycles. The molecule has 2 aromatic heterocycles. The van der Waals surface area contributed by atoms with Gasteiger partial charge < -0.3 is 0 Å². The fourth-order valence-corrected chi connectivity index (χ4v) is 7.06. The zero-order valence-electron chi connectivity index (χ0n) is 16.9. The molecule has 0 bridgehead atoms. The second kappa shape index (κ2) is 7.42. The number of hydrogen-bond acceptors (Lipinski definition) is 4. The van der Waals surface area contributed by atoms with Crippen LogP contribution in [0.15, 0.2) is 42.0 Å². The molecule has 1 aliphatic carbocycles. The number of allylic oxidation sites excluding steroid dienone is 1. The summed E-state index contributed by atoms with van der Waals surface area (Å²) in [5, 5.41) is 0.544.